The van der Waals surface area contributed by atoms with Gasteiger partial charge in [-0.05, 0) is 0 Å². The normalized spacial score (nSPS) is 11.9. The standard InChI is InChI=1S/C7H6F4N2O/c1-3(14)5-4(7(9,10)11)6(8)12-13(5)2/h1-2H3. The summed E-state index contributed by atoms with van der Waals surface area (Å²) in [5, 5.41) is 2.91. The van der Waals surface area contributed by atoms with E-state index in [1.54, 1.807) is 0 Å². The van der Waals surface area contributed by atoms with Gasteiger partial charge >= 0.3 is 6.18 Å². The molecular formula is C7H6F4N2O. The Morgan fingerprint density at radius 1 is 1.43 bits per heavy atom. The molecule has 0 aliphatic rings. The topological polar surface area (TPSA) is 34.9 Å². The lowest BCUT2D eigenvalue weighted by molar-refractivity contribution is -0.140. The summed E-state index contributed by atoms with van der Waals surface area (Å²) in [5.41, 5.74) is -2.37. The summed E-state index contributed by atoms with van der Waals surface area (Å²) >= 11 is 0. The number of rotatable bonds is 1. The summed E-state index contributed by atoms with van der Waals surface area (Å²) in [7, 11) is 1.08. The average Bonchev–Trinajstić information content (AvgIpc) is 2.23. The van der Waals surface area contributed by atoms with Crippen molar-refractivity contribution in [3.63, 3.8) is 0 Å². The van der Waals surface area contributed by atoms with Gasteiger partial charge in [-0.15, -0.1) is 5.10 Å². The molecule has 1 heterocycles. The van der Waals surface area contributed by atoms with Crippen molar-refractivity contribution in [2.45, 2.75) is 13.1 Å². The van der Waals surface area contributed by atoms with E-state index in [0.717, 1.165) is 14.0 Å². The fourth-order valence-electron chi connectivity index (χ4n) is 1.15. The number of aryl methyl sites for hydroxylation is 1. The van der Waals surface area contributed by atoms with Crippen LogP contribution < -0.4 is 0 Å². The number of hydrogen-bond acceptors (Lipinski definition) is 2. The van der Waals surface area contributed by atoms with Crippen LogP contribution in [-0.2, 0) is 13.2 Å². The lowest BCUT2D eigenvalue weighted by Crippen LogP contribution is -2.13. The number of alkyl halides is 3. The molecule has 1 aromatic rings. The molecule has 14 heavy (non-hydrogen) atoms. The number of Topliss-reactive ketones (excluding diaryl/α,β-unsaturated/α-hetero) is 1. The van der Waals surface area contributed by atoms with Crippen molar-refractivity contribution in [1.29, 1.82) is 0 Å². The second-order valence-electron chi connectivity index (χ2n) is 2.69. The summed E-state index contributed by atoms with van der Waals surface area (Å²) in [6.45, 7) is 0.922. The van der Waals surface area contributed by atoms with Crippen LogP contribution in [0.25, 0.3) is 0 Å². The Morgan fingerprint density at radius 2 is 1.93 bits per heavy atom. The van der Waals surface area contributed by atoms with Gasteiger partial charge in [-0.1, -0.05) is 0 Å². The van der Waals surface area contributed by atoms with E-state index >= 15 is 0 Å². The number of ketones is 1. The van der Waals surface area contributed by atoms with E-state index in [-0.39, 0.29) is 0 Å². The highest BCUT2D eigenvalue weighted by Gasteiger charge is 2.41. The maximum atomic E-state index is 12.7. The van der Waals surface area contributed by atoms with Gasteiger partial charge in [0, 0.05) is 14.0 Å². The molecule has 0 fully saturated rings. The smallest absolute Gasteiger partial charge is 0.293 e. The summed E-state index contributed by atoms with van der Waals surface area (Å²) in [4.78, 5) is 10.8. The molecule has 0 spiro atoms. The van der Waals surface area contributed by atoms with Gasteiger partial charge in [-0.2, -0.15) is 17.6 Å². The third kappa shape index (κ3) is 1.61. The zero-order valence-electron chi connectivity index (χ0n) is 7.31. The van der Waals surface area contributed by atoms with E-state index in [2.05, 4.69) is 5.10 Å². The minimum atomic E-state index is -4.90. The molecule has 0 bridgehead atoms. The summed E-state index contributed by atoms with van der Waals surface area (Å²) < 4.78 is 50.0. The Kier molecular flexibility index (Phi) is 2.34. The highest BCUT2D eigenvalue weighted by atomic mass is 19.4. The lowest BCUT2D eigenvalue weighted by Gasteiger charge is -2.05. The van der Waals surface area contributed by atoms with Gasteiger partial charge in [0.05, 0.1) is 0 Å². The van der Waals surface area contributed by atoms with Crippen molar-refractivity contribution in [2.75, 3.05) is 0 Å². The highest BCUT2D eigenvalue weighted by molar-refractivity contribution is 5.94. The Bertz CT molecular complexity index is 380. The predicted molar refractivity (Wildman–Crippen MR) is 38.2 cm³/mol. The van der Waals surface area contributed by atoms with Crippen LogP contribution in [0.2, 0.25) is 0 Å². The van der Waals surface area contributed by atoms with Crippen LogP contribution >= 0.6 is 0 Å². The van der Waals surface area contributed by atoms with Crippen LogP contribution in [0.3, 0.4) is 0 Å². The number of carbonyl (C=O) groups excluding carboxylic acids is 1. The van der Waals surface area contributed by atoms with Gasteiger partial charge in [0.1, 0.15) is 11.3 Å². The van der Waals surface area contributed by atoms with Crippen LogP contribution in [0.1, 0.15) is 23.0 Å². The van der Waals surface area contributed by atoms with Crippen LogP contribution in [0.15, 0.2) is 0 Å². The molecule has 78 valence electrons. The first kappa shape index (κ1) is 10.7. The molecule has 0 aromatic carbocycles. The molecule has 0 unspecified atom stereocenters. The predicted octanol–water partition coefficient (Wildman–Crippen LogP) is 1.78. The molecule has 0 aliphatic heterocycles. The molecule has 0 N–H and O–H groups in total. The van der Waals surface area contributed by atoms with E-state index in [1.165, 1.54) is 0 Å². The van der Waals surface area contributed by atoms with Crippen LogP contribution in [0, 0.1) is 5.95 Å². The molecular weight excluding hydrogens is 204 g/mol. The summed E-state index contributed by atoms with van der Waals surface area (Å²) in [5.74, 6) is -2.55. The number of aromatic nitrogens is 2. The minimum absolute atomic E-state index is 0.584. The van der Waals surface area contributed by atoms with Gasteiger partial charge in [0.25, 0.3) is 0 Å². The number of halogens is 4. The van der Waals surface area contributed by atoms with Gasteiger partial charge in [-0.25, -0.2) is 0 Å². The van der Waals surface area contributed by atoms with E-state index < -0.39 is 29.2 Å². The molecule has 0 aliphatic carbocycles. The van der Waals surface area contributed by atoms with Crippen molar-refractivity contribution >= 4 is 5.78 Å². The SMILES string of the molecule is CC(=O)c1c(C(F)(F)F)c(F)nn1C. The quantitative estimate of drug-likeness (QED) is 0.523. The van der Waals surface area contributed by atoms with Gasteiger partial charge < -0.3 is 0 Å². The highest BCUT2D eigenvalue weighted by Crippen LogP contribution is 2.33. The molecule has 7 heteroatoms. The van der Waals surface area contributed by atoms with Crippen molar-refractivity contribution in [3.8, 4) is 0 Å². The first-order chi connectivity index (χ1) is 6.25. The van der Waals surface area contributed by atoms with Gasteiger partial charge in [0.2, 0.25) is 5.95 Å². The maximum absolute atomic E-state index is 12.7. The number of carbonyl (C=O) groups is 1. The Hall–Kier alpha value is -1.40. The summed E-state index contributed by atoms with van der Waals surface area (Å²) in [6, 6.07) is 0. The fourth-order valence-corrected chi connectivity index (χ4v) is 1.15. The molecule has 0 amide bonds. The van der Waals surface area contributed by atoms with Crippen molar-refractivity contribution in [1.82, 2.24) is 9.78 Å². The molecule has 0 saturated carbocycles. The number of hydrogen-bond donors (Lipinski definition) is 0. The molecule has 1 rings (SSSR count). The molecule has 0 atom stereocenters. The van der Waals surface area contributed by atoms with Crippen LogP contribution in [-0.4, -0.2) is 15.6 Å². The van der Waals surface area contributed by atoms with Crippen LogP contribution in [0.5, 0.6) is 0 Å². The zero-order chi connectivity index (χ0) is 11.1. The second-order valence-corrected chi connectivity index (χ2v) is 2.69. The first-order valence-corrected chi connectivity index (χ1v) is 3.55. The fraction of sp³-hybridized carbons (Fsp3) is 0.429. The number of nitrogens with zero attached hydrogens (tertiary/aromatic N) is 2. The minimum Gasteiger partial charge on any atom is -0.293 e. The Morgan fingerprint density at radius 3 is 2.21 bits per heavy atom. The van der Waals surface area contributed by atoms with Crippen molar-refractivity contribution in [3.05, 3.63) is 17.2 Å². The van der Waals surface area contributed by atoms with E-state index in [0.29, 0.717) is 4.68 Å². The monoisotopic (exact) mass is 210 g/mol. The largest absolute Gasteiger partial charge is 0.423 e. The maximum Gasteiger partial charge on any atom is 0.423 e. The van der Waals surface area contributed by atoms with Gasteiger partial charge in [-0.3, -0.25) is 9.48 Å². The van der Waals surface area contributed by atoms with E-state index in [4.69, 9.17) is 0 Å². The third-order valence-corrected chi connectivity index (χ3v) is 1.62. The molecule has 1 aromatic heterocycles. The zero-order valence-corrected chi connectivity index (χ0v) is 7.31. The Labute approximate surface area is 76.3 Å². The van der Waals surface area contributed by atoms with Gasteiger partial charge in [0.15, 0.2) is 5.78 Å². The molecule has 0 saturated heterocycles. The Balaban J connectivity index is 3.48. The summed E-state index contributed by atoms with van der Waals surface area (Å²) in [6.07, 6.45) is -4.90. The molecule has 0 radical (unpaired) electrons. The van der Waals surface area contributed by atoms with Crippen molar-refractivity contribution < 1.29 is 22.4 Å². The first-order valence-electron chi connectivity index (χ1n) is 3.55. The van der Waals surface area contributed by atoms with E-state index in [9.17, 15) is 22.4 Å². The van der Waals surface area contributed by atoms with Crippen LogP contribution in [0.4, 0.5) is 17.6 Å². The van der Waals surface area contributed by atoms with Crippen molar-refractivity contribution in [2.24, 2.45) is 7.05 Å². The third-order valence-electron chi connectivity index (χ3n) is 1.62. The second kappa shape index (κ2) is 3.07. The lowest BCUT2D eigenvalue weighted by atomic mass is 10.2. The van der Waals surface area contributed by atoms with E-state index in [1.807, 2.05) is 0 Å². The average molecular weight is 210 g/mol. The molecule has 3 nitrogen and oxygen atoms in total.